The summed E-state index contributed by atoms with van der Waals surface area (Å²) >= 11 is 0. The van der Waals surface area contributed by atoms with E-state index in [1.807, 2.05) is 12.2 Å². The lowest BCUT2D eigenvalue weighted by Crippen LogP contribution is -1.95. The highest BCUT2D eigenvalue weighted by atomic mass is 16.4. The molecule has 0 aromatic heterocycles. The quantitative estimate of drug-likeness (QED) is 0.0331. The van der Waals surface area contributed by atoms with Crippen LogP contribution in [0.1, 0.15) is 207 Å². The van der Waals surface area contributed by atoms with E-state index < -0.39 is 11.9 Å². The number of hydrogen-bond donors (Lipinski definition) is 2. The van der Waals surface area contributed by atoms with Crippen molar-refractivity contribution in [2.45, 2.75) is 207 Å². The van der Waals surface area contributed by atoms with Gasteiger partial charge in [0.05, 0.1) is 0 Å². The van der Waals surface area contributed by atoms with Crippen LogP contribution in [0.25, 0.3) is 0 Å². The Morgan fingerprint density at radius 2 is 0.717 bits per heavy atom. The van der Waals surface area contributed by atoms with Gasteiger partial charge in [0, 0.05) is 11.1 Å². The first kappa shape index (κ1) is 46.0. The van der Waals surface area contributed by atoms with Gasteiger partial charge in [0.2, 0.25) is 0 Å². The molecule has 0 atom stereocenters. The van der Waals surface area contributed by atoms with Crippen molar-refractivity contribution in [1.29, 1.82) is 0 Å². The summed E-state index contributed by atoms with van der Waals surface area (Å²) in [4.78, 5) is 21.2. The van der Waals surface area contributed by atoms with Gasteiger partial charge in [0.1, 0.15) is 0 Å². The van der Waals surface area contributed by atoms with Crippen molar-refractivity contribution >= 4 is 11.9 Å². The molecule has 4 nitrogen and oxygen atoms in total. The maximum atomic E-state index is 10.6. The normalized spacial score (nSPS) is 12.2. The largest absolute Gasteiger partial charge is 0.478 e. The molecule has 0 aromatic carbocycles. The molecule has 0 rings (SSSR count). The number of allylic oxidation sites excluding steroid dienone is 6. The Hall–Kier alpha value is -2.10. The Bertz CT molecular complexity index is 789. The second-order valence-corrected chi connectivity index (χ2v) is 13.2. The molecule has 0 aliphatic heterocycles. The average Bonchev–Trinajstić information content (AvgIpc) is 3.04. The van der Waals surface area contributed by atoms with Gasteiger partial charge >= 0.3 is 11.9 Å². The van der Waals surface area contributed by atoms with Crippen molar-refractivity contribution in [2.24, 2.45) is 0 Å². The molecule has 268 valence electrons. The molecule has 46 heavy (non-hydrogen) atoms. The molecule has 0 saturated heterocycles. The highest BCUT2D eigenvalue weighted by Gasteiger charge is 1.98. The van der Waals surface area contributed by atoms with Gasteiger partial charge in [-0.3, -0.25) is 0 Å². The number of unbranched alkanes of at least 4 members (excludes halogenated alkanes) is 25. The molecule has 0 aliphatic carbocycles. The van der Waals surface area contributed by atoms with E-state index in [1.165, 1.54) is 161 Å². The molecule has 0 aromatic rings. The van der Waals surface area contributed by atoms with Crippen molar-refractivity contribution < 1.29 is 19.8 Å². The maximum Gasteiger partial charge on any atom is 0.331 e. The molecular weight excluding hydrogens is 568 g/mol. The van der Waals surface area contributed by atoms with Crippen molar-refractivity contribution in [1.82, 2.24) is 0 Å². The molecule has 0 unspecified atom stereocenters. The third kappa shape index (κ3) is 39.9. The smallest absolute Gasteiger partial charge is 0.331 e. The van der Waals surface area contributed by atoms with Gasteiger partial charge in [-0.1, -0.05) is 179 Å². The van der Waals surface area contributed by atoms with Crippen LogP contribution in [-0.2, 0) is 9.59 Å². The van der Waals surface area contributed by atoms with Gasteiger partial charge in [-0.15, -0.1) is 0 Å². The molecule has 0 radical (unpaired) electrons. The van der Waals surface area contributed by atoms with Crippen LogP contribution in [0.3, 0.4) is 0 Å². The van der Waals surface area contributed by atoms with Gasteiger partial charge in [-0.05, 0) is 65.2 Å². The van der Waals surface area contributed by atoms with Gasteiger partial charge < -0.3 is 10.2 Å². The third-order valence-electron chi connectivity index (χ3n) is 8.55. The maximum absolute atomic E-state index is 10.6. The van der Waals surface area contributed by atoms with Gasteiger partial charge in [0.15, 0.2) is 0 Å². The summed E-state index contributed by atoms with van der Waals surface area (Å²) in [6.07, 6.45) is 49.0. The van der Waals surface area contributed by atoms with Crippen LogP contribution in [0.2, 0.25) is 0 Å². The van der Waals surface area contributed by atoms with Crippen LogP contribution in [0.5, 0.6) is 0 Å². The first-order valence-electron chi connectivity index (χ1n) is 19.5. The van der Waals surface area contributed by atoms with Gasteiger partial charge in [-0.25, -0.2) is 9.59 Å². The van der Waals surface area contributed by atoms with E-state index >= 15 is 0 Å². The first-order valence-corrected chi connectivity index (χ1v) is 19.5. The highest BCUT2D eigenvalue weighted by Crippen LogP contribution is 2.13. The second-order valence-electron chi connectivity index (χ2n) is 13.2. The zero-order valence-electron chi connectivity index (χ0n) is 31.0. The Morgan fingerprint density at radius 1 is 0.413 bits per heavy atom. The summed E-state index contributed by atoms with van der Waals surface area (Å²) in [5.74, 6) is -1.63. The summed E-state index contributed by atoms with van der Waals surface area (Å²) in [5.41, 5.74) is 0.869. The van der Waals surface area contributed by atoms with E-state index in [0.717, 1.165) is 19.3 Å². The molecule has 0 fully saturated rings. The molecule has 0 amide bonds. The van der Waals surface area contributed by atoms with E-state index in [2.05, 4.69) is 32.1 Å². The average molecular weight is 645 g/mol. The molecule has 0 saturated carbocycles. The summed E-state index contributed by atoms with van der Waals surface area (Å²) < 4.78 is 0. The van der Waals surface area contributed by atoms with Crippen molar-refractivity contribution in [3.05, 3.63) is 47.6 Å². The molecule has 2 N–H and O–H groups in total. The van der Waals surface area contributed by atoms with E-state index in [0.29, 0.717) is 11.1 Å². The number of hydrogen-bond acceptors (Lipinski definition) is 2. The van der Waals surface area contributed by atoms with E-state index in [-0.39, 0.29) is 0 Å². The Balaban J connectivity index is 0. The van der Waals surface area contributed by atoms with Crippen LogP contribution in [0, 0.1) is 0 Å². The van der Waals surface area contributed by atoms with Crippen molar-refractivity contribution in [2.75, 3.05) is 0 Å². The number of carboxylic acid groups (broad SMARTS) is 2. The Morgan fingerprint density at radius 3 is 1.07 bits per heavy atom. The van der Waals surface area contributed by atoms with E-state index in [4.69, 9.17) is 10.2 Å². The van der Waals surface area contributed by atoms with Crippen LogP contribution in [-0.4, -0.2) is 22.2 Å². The predicted molar refractivity (Wildman–Crippen MR) is 202 cm³/mol. The highest BCUT2D eigenvalue weighted by molar-refractivity contribution is 5.86. The van der Waals surface area contributed by atoms with Crippen molar-refractivity contribution in [3.8, 4) is 0 Å². The Labute approximate surface area is 286 Å². The fourth-order valence-electron chi connectivity index (χ4n) is 5.28. The molecule has 0 spiro atoms. The summed E-state index contributed by atoms with van der Waals surface area (Å²) in [7, 11) is 0. The lowest BCUT2D eigenvalue weighted by atomic mass is 10.0. The van der Waals surface area contributed by atoms with Crippen LogP contribution < -0.4 is 0 Å². The van der Waals surface area contributed by atoms with E-state index in [1.54, 1.807) is 19.9 Å². The minimum Gasteiger partial charge on any atom is -0.478 e. The fraction of sp³-hybridized carbons (Fsp3) is 0.762. The van der Waals surface area contributed by atoms with Crippen LogP contribution in [0.15, 0.2) is 47.6 Å². The molecular formula is C42H76O4. The SMILES string of the molecule is CCCCCCCC/C=C\CCCCCCCC/C=C(\C)C(=O)O.CCCCCCCCCCCCCC/C=C/C=C(\C)C(=O)O. The monoisotopic (exact) mass is 645 g/mol. The van der Waals surface area contributed by atoms with Gasteiger partial charge in [-0.2, -0.15) is 0 Å². The first-order chi connectivity index (χ1) is 22.4. The summed E-state index contributed by atoms with van der Waals surface area (Å²) in [6.45, 7) is 7.83. The number of carbonyl (C=O) groups is 2. The van der Waals surface area contributed by atoms with Gasteiger partial charge in [0.25, 0.3) is 0 Å². The second kappa shape index (κ2) is 39.1. The number of carboxylic acids is 2. The number of aliphatic carboxylic acids is 2. The number of rotatable bonds is 32. The minimum absolute atomic E-state index is 0.394. The lowest BCUT2D eigenvalue weighted by Gasteiger charge is -2.02. The predicted octanol–water partition coefficient (Wildman–Crippen LogP) is 14.1. The molecule has 4 heteroatoms. The Kier molecular flexibility index (Phi) is 39.1. The summed E-state index contributed by atoms with van der Waals surface area (Å²) in [5, 5.41) is 17.4. The summed E-state index contributed by atoms with van der Waals surface area (Å²) in [6, 6.07) is 0. The van der Waals surface area contributed by atoms with Crippen LogP contribution in [0.4, 0.5) is 0 Å². The minimum atomic E-state index is -0.838. The topological polar surface area (TPSA) is 74.6 Å². The lowest BCUT2D eigenvalue weighted by molar-refractivity contribution is -0.133. The zero-order valence-corrected chi connectivity index (χ0v) is 31.0. The third-order valence-corrected chi connectivity index (χ3v) is 8.55. The van der Waals surface area contributed by atoms with E-state index in [9.17, 15) is 9.59 Å². The molecule has 0 bridgehead atoms. The molecule has 0 heterocycles. The fourth-order valence-corrected chi connectivity index (χ4v) is 5.28. The van der Waals surface area contributed by atoms with Crippen molar-refractivity contribution in [3.63, 3.8) is 0 Å². The molecule has 0 aliphatic rings. The standard InChI is InChI=1S/C22H40O2.C20H36O2/c1-3-4-5-6-7-8-9-10-11-12-13-14-15-16-17-18-19-20-21(2)22(23)24;1-3-4-5-6-7-8-9-10-11-12-13-14-15-16-17-18-19(2)20(21)22/h10-11,20H,3-9,12-19H2,1-2H3,(H,23,24);16-18H,3-15H2,1-2H3,(H,21,22)/b11-10-,21-20+;17-16+,19-18+. The zero-order chi connectivity index (χ0) is 34.4. The van der Waals surface area contributed by atoms with Crippen LogP contribution >= 0.6 is 0 Å².